The van der Waals surface area contributed by atoms with Crippen molar-refractivity contribution >= 4 is 18.3 Å². The summed E-state index contributed by atoms with van der Waals surface area (Å²) in [7, 11) is 1.34. The maximum atomic E-state index is 10.8. The molecule has 1 heterocycles. The topological polar surface area (TPSA) is 56.3 Å². The molecule has 0 aliphatic rings. The van der Waals surface area contributed by atoms with Crippen LogP contribution in [0.5, 0.6) is 0 Å². The number of hydrogen-bond donors (Lipinski definition) is 0. The largest absolute Gasteiger partial charge is 0.469 e. The molecule has 1 aromatic rings. The average Bonchev–Trinajstić information content (AvgIpc) is 2.29. The molecule has 1 rings (SSSR count). The minimum Gasteiger partial charge on any atom is -0.469 e. The van der Waals surface area contributed by atoms with Gasteiger partial charge in [-0.05, 0) is 11.6 Å². The molecule has 0 saturated carbocycles. The fourth-order valence-electron chi connectivity index (χ4n) is 0.960. The third kappa shape index (κ3) is 3.72. The standard InChI is InChI=1S/C11H11NO3/c1-15-11(14)4-2-3-9-5-6-10(8-13)12-7-9/h2-3,5-8H,4H2,1H3. The predicted octanol–water partition coefficient (Wildman–Crippen LogP) is 1.47. The highest BCUT2D eigenvalue weighted by atomic mass is 16.5. The Morgan fingerprint density at radius 1 is 1.53 bits per heavy atom. The van der Waals surface area contributed by atoms with Crippen molar-refractivity contribution in [3.8, 4) is 0 Å². The van der Waals surface area contributed by atoms with E-state index < -0.39 is 0 Å². The van der Waals surface area contributed by atoms with Crippen molar-refractivity contribution in [2.24, 2.45) is 0 Å². The number of aromatic nitrogens is 1. The van der Waals surface area contributed by atoms with Gasteiger partial charge in [0, 0.05) is 6.20 Å². The van der Waals surface area contributed by atoms with Crippen LogP contribution < -0.4 is 0 Å². The van der Waals surface area contributed by atoms with E-state index in [1.54, 1.807) is 30.5 Å². The number of esters is 1. The molecule has 0 radical (unpaired) electrons. The Morgan fingerprint density at radius 3 is 2.87 bits per heavy atom. The molecule has 0 aliphatic carbocycles. The Bertz CT molecular complexity index is 368. The lowest BCUT2D eigenvalue weighted by Gasteiger charge is -1.94. The van der Waals surface area contributed by atoms with E-state index in [1.165, 1.54) is 7.11 Å². The average molecular weight is 205 g/mol. The van der Waals surface area contributed by atoms with Crippen molar-refractivity contribution in [1.82, 2.24) is 4.98 Å². The number of ether oxygens (including phenoxy) is 1. The maximum absolute atomic E-state index is 10.8. The van der Waals surface area contributed by atoms with Gasteiger partial charge in [0.05, 0.1) is 13.5 Å². The summed E-state index contributed by atoms with van der Waals surface area (Å²) in [6.07, 6.45) is 5.91. The highest BCUT2D eigenvalue weighted by Crippen LogP contribution is 2.02. The van der Waals surface area contributed by atoms with Crippen molar-refractivity contribution in [3.63, 3.8) is 0 Å². The first kappa shape index (κ1) is 11.1. The Hall–Kier alpha value is -1.97. The highest BCUT2D eigenvalue weighted by Gasteiger charge is 1.94. The van der Waals surface area contributed by atoms with Crippen LogP contribution in [0.15, 0.2) is 24.4 Å². The van der Waals surface area contributed by atoms with Gasteiger partial charge in [0.25, 0.3) is 0 Å². The Morgan fingerprint density at radius 2 is 2.33 bits per heavy atom. The first-order valence-electron chi connectivity index (χ1n) is 4.41. The van der Waals surface area contributed by atoms with Gasteiger partial charge in [0.2, 0.25) is 0 Å². The van der Waals surface area contributed by atoms with Crippen molar-refractivity contribution in [1.29, 1.82) is 0 Å². The smallest absolute Gasteiger partial charge is 0.309 e. The van der Waals surface area contributed by atoms with Crippen LogP contribution in [0.25, 0.3) is 6.08 Å². The van der Waals surface area contributed by atoms with E-state index in [-0.39, 0.29) is 12.4 Å². The summed E-state index contributed by atoms with van der Waals surface area (Å²) in [6, 6.07) is 3.37. The summed E-state index contributed by atoms with van der Waals surface area (Å²) >= 11 is 0. The molecule has 0 aliphatic heterocycles. The zero-order valence-corrected chi connectivity index (χ0v) is 8.34. The summed E-state index contributed by atoms with van der Waals surface area (Å²) in [4.78, 5) is 25.0. The normalized spacial score (nSPS) is 10.2. The van der Waals surface area contributed by atoms with E-state index in [1.807, 2.05) is 0 Å². The Balaban J connectivity index is 2.57. The zero-order chi connectivity index (χ0) is 11.1. The molecule has 0 saturated heterocycles. The molecule has 78 valence electrons. The molecule has 4 heteroatoms. The van der Waals surface area contributed by atoms with Crippen molar-refractivity contribution in [2.75, 3.05) is 7.11 Å². The second-order valence-corrected chi connectivity index (χ2v) is 2.82. The molecule has 0 atom stereocenters. The molecular formula is C11H11NO3. The molecule has 4 nitrogen and oxygen atoms in total. The first-order valence-corrected chi connectivity index (χ1v) is 4.41. The van der Waals surface area contributed by atoms with E-state index >= 15 is 0 Å². The second kappa shape index (κ2) is 5.70. The molecular weight excluding hydrogens is 194 g/mol. The van der Waals surface area contributed by atoms with Gasteiger partial charge >= 0.3 is 5.97 Å². The lowest BCUT2D eigenvalue weighted by atomic mass is 10.2. The van der Waals surface area contributed by atoms with Crippen molar-refractivity contribution in [2.45, 2.75) is 6.42 Å². The van der Waals surface area contributed by atoms with E-state index in [0.29, 0.717) is 12.0 Å². The van der Waals surface area contributed by atoms with Crippen LogP contribution >= 0.6 is 0 Å². The number of carbonyl (C=O) groups excluding carboxylic acids is 2. The van der Waals surface area contributed by atoms with Gasteiger partial charge in [-0.25, -0.2) is 0 Å². The van der Waals surface area contributed by atoms with E-state index in [4.69, 9.17) is 0 Å². The van der Waals surface area contributed by atoms with Crippen LogP contribution in [-0.4, -0.2) is 24.3 Å². The van der Waals surface area contributed by atoms with Gasteiger partial charge in [0.15, 0.2) is 6.29 Å². The second-order valence-electron chi connectivity index (χ2n) is 2.82. The van der Waals surface area contributed by atoms with Crippen LogP contribution in [-0.2, 0) is 9.53 Å². The zero-order valence-electron chi connectivity index (χ0n) is 8.34. The lowest BCUT2D eigenvalue weighted by Crippen LogP contribution is -1.96. The molecule has 0 amide bonds. The molecule has 1 aromatic heterocycles. The van der Waals surface area contributed by atoms with Gasteiger partial charge < -0.3 is 4.74 Å². The summed E-state index contributed by atoms with van der Waals surface area (Å²) in [5.74, 6) is -0.288. The van der Waals surface area contributed by atoms with Crippen molar-refractivity contribution < 1.29 is 14.3 Å². The number of methoxy groups -OCH3 is 1. The summed E-state index contributed by atoms with van der Waals surface area (Å²) in [5, 5.41) is 0. The fraction of sp³-hybridized carbons (Fsp3) is 0.182. The van der Waals surface area contributed by atoms with Gasteiger partial charge in [-0.15, -0.1) is 0 Å². The number of rotatable bonds is 4. The monoisotopic (exact) mass is 205 g/mol. The molecule has 0 N–H and O–H groups in total. The maximum Gasteiger partial charge on any atom is 0.309 e. The number of carbonyl (C=O) groups is 2. The van der Waals surface area contributed by atoms with Crippen LogP contribution in [0, 0.1) is 0 Å². The van der Waals surface area contributed by atoms with E-state index in [0.717, 1.165) is 5.56 Å². The fourth-order valence-corrected chi connectivity index (χ4v) is 0.960. The molecule has 15 heavy (non-hydrogen) atoms. The van der Waals surface area contributed by atoms with Crippen LogP contribution in [0.3, 0.4) is 0 Å². The summed E-state index contributed by atoms with van der Waals surface area (Å²) in [6.45, 7) is 0. The summed E-state index contributed by atoms with van der Waals surface area (Å²) < 4.78 is 4.47. The predicted molar refractivity (Wildman–Crippen MR) is 55.3 cm³/mol. The quantitative estimate of drug-likeness (QED) is 0.551. The number of aldehydes is 1. The molecule has 0 bridgehead atoms. The number of hydrogen-bond acceptors (Lipinski definition) is 4. The van der Waals surface area contributed by atoms with Crippen molar-refractivity contribution in [3.05, 3.63) is 35.7 Å². The molecule has 0 spiro atoms. The first-order chi connectivity index (χ1) is 7.26. The van der Waals surface area contributed by atoms with E-state index in [9.17, 15) is 9.59 Å². The van der Waals surface area contributed by atoms with Gasteiger partial charge in [-0.3, -0.25) is 14.6 Å². The van der Waals surface area contributed by atoms with Gasteiger partial charge in [-0.2, -0.15) is 0 Å². The Labute approximate surface area is 87.6 Å². The van der Waals surface area contributed by atoms with Crippen LogP contribution in [0.1, 0.15) is 22.5 Å². The minimum absolute atomic E-state index is 0.228. The van der Waals surface area contributed by atoms with Crippen LogP contribution in [0.2, 0.25) is 0 Å². The lowest BCUT2D eigenvalue weighted by molar-refractivity contribution is -0.139. The number of pyridine rings is 1. The van der Waals surface area contributed by atoms with E-state index in [2.05, 4.69) is 9.72 Å². The molecule has 0 fully saturated rings. The van der Waals surface area contributed by atoms with Gasteiger partial charge in [0.1, 0.15) is 5.69 Å². The Kier molecular flexibility index (Phi) is 4.22. The van der Waals surface area contributed by atoms with Crippen LogP contribution in [0.4, 0.5) is 0 Å². The third-order valence-corrected chi connectivity index (χ3v) is 1.75. The highest BCUT2D eigenvalue weighted by molar-refractivity contribution is 5.73. The third-order valence-electron chi connectivity index (χ3n) is 1.75. The molecule has 0 aromatic carbocycles. The number of nitrogens with zero attached hydrogens (tertiary/aromatic N) is 1. The SMILES string of the molecule is COC(=O)CC=Cc1ccc(C=O)nc1. The van der Waals surface area contributed by atoms with Gasteiger partial charge in [-0.1, -0.05) is 18.2 Å². The summed E-state index contributed by atoms with van der Waals surface area (Å²) in [5.41, 5.74) is 1.23. The molecule has 0 unspecified atom stereocenters. The minimum atomic E-state index is -0.288.